The lowest BCUT2D eigenvalue weighted by Crippen LogP contribution is -2.38. The molecule has 0 amide bonds. The summed E-state index contributed by atoms with van der Waals surface area (Å²) in [4.78, 5) is 0. The predicted octanol–water partition coefficient (Wildman–Crippen LogP) is 2.07. The van der Waals surface area contributed by atoms with Crippen molar-refractivity contribution in [3.63, 3.8) is 0 Å². The number of hydrogen-bond donors (Lipinski definition) is 1. The lowest BCUT2D eigenvalue weighted by atomic mass is 9.75. The lowest BCUT2D eigenvalue weighted by molar-refractivity contribution is 0.0851. The van der Waals surface area contributed by atoms with Gasteiger partial charge in [0.25, 0.3) is 0 Å². The predicted molar refractivity (Wildman–Crippen MR) is 55.9 cm³/mol. The first-order valence-corrected chi connectivity index (χ1v) is 6.24. The molecule has 4 unspecified atom stereocenters. The molecule has 14 heavy (non-hydrogen) atoms. The van der Waals surface area contributed by atoms with E-state index in [1.807, 2.05) is 0 Å². The molecule has 2 saturated heterocycles. The van der Waals surface area contributed by atoms with Gasteiger partial charge in [0.15, 0.2) is 0 Å². The van der Waals surface area contributed by atoms with Crippen molar-refractivity contribution in [2.24, 2.45) is 17.6 Å². The minimum absolute atomic E-state index is 0.426. The fourth-order valence-electron chi connectivity index (χ4n) is 3.42. The molecule has 4 atom stereocenters. The number of fused-ring (bicyclic) bond motifs is 2. The van der Waals surface area contributed by atoms with Crippen molar-refractivity contribution in [3.05, 3.63) is 0 Å². The first kappa shape index (κ1) is 9.17. The van der Waals surface area contributed by atoms with E-state index in [4.69, 9.17) is 10.5 Å². The molecule has 1 saturated carbocycles. The number of nitrogens with two attached hydrogens (primary N) is 1. The molecule has 3 aliphatic rings. The van der Waals surface area contributed by atoms with Gasteiger partial charge < -0.3 is 10.5 Å². The Morgan fingerprint density at radius 1 is 1.21 bits per heavy atom. The van der Waals surface area contributed by atoms with Gasteiger partial charge in [0.2, 0.25) is 0 Å². The zero-order valence-electron chi connectivity index (χ0n) is 8.82. The normalized spacial score (nSPS) is 43.9. The molecule has 0 aromatic carbocycles. The Labute approximate surface area is 86.2 Å². The molecule has 2 bridgehead atoms. The maximum atomic E-state index is 6.30. The van der Waals surface area contributed by atoms with Crippen LogP contribution in [0.1, 0.15) is 44.9 Å². The van der Waals surface area contributed by atoms with E-state index in [9.17, 15) is 0 Å². The zero-order valence-corrected chi connectivity index (χ0v) is 8.82. The molecule has 0 radical (unpaired) electrons. The molecule has 80 valence electrons. The van der Waals surface area contributed by atoms with E-state index in [0.29, 0.717) is 24.2 Å². The van der Waals surface area contributed by atoms with Gasteiger partial charge in [0.05, 0.1) is 12.2 Å². The second-order valence-electron chi connectivity index (χ2n) is 5.47. The molecule has 0 spiro atoms. The first-order chi connectivity index (χ1) is 6.83. The molecule has 2 heteroatoms. The van der Waals surface area contributed by atoms with Crippen molar-refractivity contribution in [1.82, 2.24) is 0 Å². The van der Waals surface area contributed by atoms with Gasteiger partial charge in [-0.3, -0.25) is 0 Å². The van der Waals surface area contributed by atoms with Crippen LogP contribution >= 0.6 is 0 Å². The first-order valence-electron chi connectivity index (χ1n) is 6.24. The maximum Gasteiger partial charge on any atom is 0.0623 e. The van der Waals surface area contributed by atoms with Crippen LogP contribution in [0.3, 0.4) is 0 Å². The summed E-state index contributed by atoms with van der Waals surface area (Å²) in [5, 5.41) is 0. The topological polar surface area (TPSA) is 35.2 Å². The summed E-state index contributed by atoms with van der Waals surface area (Å²) in [5.41, 5.74) is 6.30. The van der Waals surface area contributed by atoms with Crippen LogP contribution in [0.25, 0.3) is 0 Å². The summed E-state index contributed by atoms with van der Waals surface area (Å²) in [5.74, 6) is 1.64. The van der Waals surface area contributed by atoms with Crippen molar-refractivity contribution >= 4 is 0 Å². The Bertz CT molecular complexity index is 214. The minimum Gasteiger partial charge on any atom is -0.375 e. The largest absolute Gasteiger partial charge is 0.375 e. The second-order valence-corrected chi connectivity index (χ2v) is 5.47. The third-order valence-corrected chi connectivity index (χ3v) is 4.53. The Hall–Kier alpha value is -0.0800. The van der Waals surface area contributed by atoms with Gasteiger partial charge in [0, 0.05) is 12.0 Å². The van der Waals surface area contributed by atoms with Crippen LogP contribution in [-0.2, 0) is 4.74 Å². The second kappa shape index (κ2) is 3.49. The molecule has 0 aromatic rings. The maximum absolute atomic E-state index is 6.30. The third-order valence-electron chi connectivity index (χ3n) is 4.53. The molecular formula is C12H21NO. The van der Waals surface area contributed by atoms with Gasteiger partial charge in [-0.2, -0.15) is 0 Å². The zero-order chi connectivity index (χ0) is 9.54. The van der Waals surface area contributed by atoms with E-state index in [-0.39, 0.29) is 0 Å². The Balaban J connectivity index is 1.54. The summed E-state index contributed by atoms with van der Waals surface area (Å²) in [6.45, 7) is 0. The average molecular weight is 195 g/mol. The van der Waals surface area contributed by atoms with Gasteiger partial charge in [-0.05, 0) is 31.6 Å². The highest BCUT2D eigenvalue weighted by atomic mass is 16.5. The smallest absolute Gasteiger partial charge is 0.0623 e. The highest BCUT2D eigenvalue weighted by Crippen LogP contribution is 2.42. The summed E-state index contributed by atoms with van der Waals surface area (Å²) in [7, 11) is 0. The van der Waals surface area contributed by atoms with Crippen molar-refractivity contribution < 1.29 is 4.74 Å². The molecule has 0 aromatic heterocycles. The van der Waals surface area contributed by atoms with Crippen LogP contribution in [0.5, 0.6) is 0 Å². The van der Waals surface area contributed by atoms with Crippen molar-refractivity contribution in [1.29, 1.82) is 0 Å². The van der Waals surface area contributed by atoms with Crippen molar-refractivity contribution in [2.75, 3.05) is 0 Å². The highest BCUT2D eigenvalue weighted by Gasteiger charge is 2.43. The van der Waals surface area contributed by atoms with Crippen LogP contribution in [0.2, 0.25) is 0 Å². The molecule has 1 aliphatic carbocycles. The van der Waals surface area contributed by atoms with E-state index < -0.39 is 0 Å². The molecule has 2 aliphatic heterocycles. The SMILES string of the molecule is NC(CC1CCC1)C1CC2CCC1O2. The van der Waals surface area contributed by atoms with E-state index >= 15 is 0 Å². The van der Waals surface area contributed by atoms with E-state index in [1.54, 1.807) is 0 Å². The third kappa shape index (κ3) is 1.49. The monoisotopic (exact) mass is 195 g/mol. The molecular weight excluding hydrogens is 174 g/mol. The number of ether oxygens (including phenoxy) is 1. The summed E-state index contributed by atoms with van der Waals surface area (Å²) in [6, 6.07) is 0.426. The van der Waals surface area contributed by atoms with Gasteiger partial charge in [-0.15, -0.1) is 0 Å². The van der Waals surface area contributed by atoms with Crippen molar-refractivity contribution in [2.45, 2.75) is 63.2 Å². The average Bonchev–Trinajstić information content (AvgIpc) is 2.71. The molecule has 3 rings (SSSR count). The summed E-state index contributed by atoms with van der Waals surface area (Å²) < 4.78 is 5.86. The summed E-state index contributed by atoms with van der Waals surface area (Å²) in [6.07, 6.45) is 10.4. The van der Waals surface area contributed by atoms with Crippen LogP contribution in [0.4, 0.5) is 0 Å². The van der Waals surface area contributed by atoms with Gasteiger partial charge >= 0.3 is 0 Å². The Morgan fingerprint density at radius 2 is 2.07 bits per heavy atom. The number of rotatable bonds is 3. The minimum atomic E-state index is 0.426. The van der Waals surface area contributed by atoms with E-state index in [0.717, 1.165) is 5.92 Å². The Kier molecular flexibility index (Phi) is 2.29. The van der Waals surface area contributed by atoms with Crippen molar-refractivity contribution in [3.8, 4) is 0 Å². The molecule has 2 nitrogen and oxygen atoms in total. The van der Waals surface area contributed by atoms with Gasteiger partial charge in [0.1, 0.15) is 0 Å². The van der Waals surface area contributed by atoms with E-state index in [2.05, 4.69) is 0 Å². The van der Waals surface area contributed by atoms with E-state index in [1.165, 1.54) is 44.9 Å². The van der Waals surface area contributed by atoms with Crippen LogP contribution in [-0.4, -0.2) is 18.2 Å². The summed E-state index contributed by atoms with van der Waals surface area (Å²) >= 11 is 0. The number of hydrogen-bond acceptors (Lipinski definition) is 2. The van der Waals surface area contributed by atoms with Crippen LogP contribution in [0, 0.1) is 11.8 Å². The lowest BCUT2D eigenvalue weighted by Gasteiger charge is -2.32. The van der Waals surface area contributed by atoms with Crippen LogP contribution < -0.4 is 5.73 Å². The standard InChI is InChI=1S/C12H21NO/c13-11(6-8-2-1-3-8)10-7-9-4-5-12(10)14-9/h8-12H,1-7,13H2. The molecule has 2 N–H and O–H groups in total. The fraction of sp³-hybridized carbons (Fsp3) is 1.00. The highest BCUT2D eigenvalue weighted by molar-refractivity contribution is 4.95. The quantitative estimate of drug-likeness (QED) is 0.748. The molecule has 3 fully saturated rings. The Morgan fingerprint density at radius 3 is 2.57 bits per heavy atom. The molecule has 2 heterocycles. The van der Waals surface area contributed by atoms with Crippen LogP contribution in [0.15, 0.2) is 0 Å². The van der Waals surface area contributed by atoms with Gasteiger partial charge in [-0.1, -0.05) is 19.3 Å². The fourth-order valence-corrected chi connectivity index (χ4v) is 3.42. The van der Waals surface area contributed by atoms with Gasteiger partial charge in [-0.25, -0.2) is 0 Å².